The lowest BCUT2D eigenvalue weighted by atomic mass is 9.96. The molecule has 0 N–H and O–H groups in total. The lowest BCUT2D eigenvalue weighted by Crippen LogP contribution is -2.09. The van der Waals surface area contributed by atoms with Gasteiger partial charge in [0.05, 0.1) is 22.8 Å². The molecule has 0 atom stereocenters. The fourth-order valence-corrected chi connectivity index (χ4v) is 8.95. The Bertz CT molecular complexity index is 3050. The van der Waals surface area contributed by atoms with Crippen molar-refractivity contribution in [3.05, 3.63) is 224 Å². The van der Waals surface area contributed by atoms with Crippen LogP contribution in [-0.4, -0.2) is 54.6 Å². The van der Waals surface area contributed by atoms with Crippen LogP contribution in [0.2, 0.25) is 0 Å². The largest absolute Gasteiger partial charge is 0.490 e. The molecule has 370 valence electrons. The first kappa shape index (κ1) is 50.0. The molecule has 0 spiro atoms. The normalized spacial score (nSPS) is 10.9. The van der Waals surface area contributed by atoms with E-state index in [0.717, 1.165) is 124 Å². The van der Waals surface area contributed by atoms with Crippen LogP contribution in [-0.2, 0) is 0 Å². The zero-order chi connectivity index (χ0) is 51.2. The van der Waals surface area contributed by atoms with Crippen molar-refractivity contribution in [3.63, 3.8) is 0 Å². The quantitative estimate of drug-likeness (QED) is 0.0486. The van der Waals surface area contributed by atoms with Gasteiger partial charge in [-0.2, -0.15) is 0 Å². The maximum absolute atomic E-state index is 6.14. The van der Waals surface area contributed by atoms with Crippen molar-refractivity contribution in [2.24, 2.45) is 0 Å². The van der Waals surface area contributed by atoms with Gasteiger partial charge in [-0.1, -0.05) is 92.0 Å². The zero-order valence-electron chi connectivity index (χ0n) is 42.3. The Balaban J connectivity index is 0.752. The second-order valence-electron chi connectivity index (χ2n) is 17.8. The highest BCUT2D eigenvalue weighted by molar-refractivity contribution is 5.75. The summed E-state index contributed by atoms with van der Waals surface area (Å²) in [5.41, 5.74) is 16.2. The van der Waals surface area contributed by atoms with E-state index in [1.807, 2.05) is 116 Å². The van der Waals surface area contributed by atoms with Crippen LogP contribution in [0.4, 0.5) is 0 Å². The fourth-order valence-electron chi connectivity index (χ4n) is 8.95. The molecule has 9 nitrogen and oxygen atoms in total. The van der Waals surface area contributed by atoms with Gasteiger partial charge >= 0.3 is 0 Å². The molecule has 0 radical (unpaired) electrons. The van der Waals surface area contributed by atoms with Crippen molar-refractivity contribution in [2.45, 2.75) is 27.7 Å². The van der Waals surface area contributed by atoms with Gasteiger partial charge in [-0.3, -0.25) is 9.97 Å². The minimum absolute atomic E-state index is 0.416. The van der Waals surface area contributed by atoms with Crippen molar-refractivity contribution in [3.8, 4) is 102 Å². The SMILES string of the molecule is C=CCOc1ccc(-c2ccc(OCCOc3cc(C)c(-c4ccc(-c5cccc(-c6ccc(-c7c(C)cc(OCCOc8ccc(-c9ccc(OCC=C)cc9)cc8)cc7C)cn6)n5)nc4)c(C)c3)cc2)cc1. The smallest absolute Gasteiger partial charge is 0.122 e. The number of pyridine rings is 3. The summed E-state index contributed by atoms with van der Waals surface area (Å²) in [6.45, 7) is 18.4. The third kappa shape index (κ3) is 12.6. The van der Waals surface area contributed by atoms with Gasteiger partial charge in [0.15, 0.2) is 0 Å². The van der Waals surface area contributed by atoms with Crippen LogP contribution < -0.4 is 28.4 Å². The van der Waals surface area contributed by atoms with Crippen LogP contribution in [0.1, 0.15) is 22.3 Å². The summed E-state index contributed by atoms with van der Waals surface area (Å²) in [5.74, 6) is 4.82. The minimum atomic E-state index is 0.416. The molecule has 74 heavy (non-hydrogen) atoms. The molecule has 0 bridgehead atoms. The Kier molecular flexibility index (Phi) is 16.2. The van der Waals surface area contributed by atoms with Gasteiger partial charge < -0.3 is 28.4 Å². The predicted octanol–water partition coefficient (Wildman–Crippen LogP) is 15.2. The molecular weight excluding hydrogens is 919 g/mol. The number of ether oxygens (including phenoxy) is 6. The summed E-state index contributed by atoms with van der Waals surface area (Å²) in [6.07, 6.45) is 7.30. The Labute approximate surface area is 434 Å². The third-order valence-corrected chi connectivity index (χ3v) is 12.5. The summed E-state index contributed by atoms with van der Waals surface area (Å²) in [6, 6.07) is 54.7. The number of aryl methyl sites for hydroxylation is 4. The molecule has 0 aliphatic rings. The number of rotatable bonds is 22. The average molecular weight is 978 g/mol. The van der Waals surface area contributed by atoms with Crippen molar-refractivity contribution >= 4 is 0 Å². The molecule has 0 saturated heterocycles. The predicted molar refractivity (Wildman–Crippen MR) is 298 cm³/mol. The van der Waals surface area contributed by atoms with Crippen LogP contribution in [0, 0.1) is 27.7 Å². The van der Waals surface area contributed by atoms with Gasteiger partial charge in [0, 0.05) is 23.5 Å². The Morgan fingerprint density at radius 1 is 0.338 bits per heavy atom. The summed E-state index contributed by atoms with van der Waals surface area (Å²) in [7, 11) is 0. The van der Waals surface area contributed by atoms with E-state index in [0.29, 0.717) is 39.6 Å². The molecule has 3 heterocycles. The first-order valence-electron chi connectivity index (χ1n) is 24.7. The molecule has 0 saturated carbocycles. The van der Waals surface area contributed by atoms with Crippen molar-refractivity contribution in [1.29, 1.82) is 0 Å². The van der Waals surface area contributed by atoms with Gasteiger partial charge in [-0.15, -0.1) is 0 Å². The fraction of sp³-hybridized carbons (Fsp3) is 0.154. The second kappa shape index (κ2) is 24.0. The van der Waals surface area contributed by atoms with Gasteiger partial charge in [-0.05, 0) is 180 Å². The zero-order valence-corrected chi connectivity index (χ0v) is 42.3. The molecule has 0 aliphatic heterocycles. The summed E-state index contributed by atoms with van der Waals surface area (Å²) in [4.78, 5) is 14.7. The van der Waals surface area contributed by atoms with Crippen LogP contribution in [0.15, 0.2) is 201 Å². The van der Waals surface area contributed by atoms with E-state index in [4.69, 9.17) is 43.4 Å². The van der Waals surface area contributed by atoms with Crippen molar-refractivity contribution < 1.29 is 28.4 Å². The highest BCUT2D eigenvalue weighted by Gasteiger charge is 2.14. The molecule has 0 unspecified atom stereocenters. The van der Waals surface area contributed by atoms with E-state index in [-0.39, 0.29) is 0 Å². The molecule has 9 aromatic rings. The van der Waals surface area contributed by atoms with Crippen LogP contribution in [0.5, 0.6) is 34.5 Å². The lowest BCUT2D eigenvalue weighted by Gasteiger charge is -2.15. The number of aromatic nitrogens is 3. The second-order valence-corrected chi connectivity index (χ2v) is 17.8. The van der Waals surface area contributed by atoms with Crippen LogP contribution in [0.25, 0.3) is 67.3 Å². The average Bonchev–Trinajstić information content (AvgIpc) is 3.43. The van der Waals surface area contributed by atoms with Crippen molar-refractivity contribution in [1.82, 2.24) is 15.0 Å². The maximum Gasteiger partial charge on any atom is 0.122 e. The van der Waals surface area contributed by atoms with E-state index in [1.165, 1.54) is 0 Å². The Morgan fingerprint density at radius 3 is 0.932 bits per heavy atom. The Hall–Kier alpha value is -8.95. The van der Waals surface area contributed by atoms with Gasteiger partial charge in [0.25, 0.3) is 0 Å². The van der Waals surface area contributed by atoms with E-state index < -0.39 is 0 Å². The van der Waals surface area contributed by atoms with E-state index in [1.54, 1.807) is 12.2 Å². The van der Waals surface area contributed by atoms with Gasteiger partial charge in [0.2, 0.25) is 0 Å². The Morgan fingerprint density at radius 2 is 0.635 bits per heavy atom. The standard InChI is InChI=1S/C65H59N3O6/c1-7-32-69-54-22-12-48(13-23-54)50-16-26-56(27-17-50)71-34-36-73-58-38-44(3)64(45(4)39-58)52-20-30-60(66-42-52)62-10-9-11-63(68-62)61-31-21-53(43-67-61)65-46(5)40-59(41-47(65)6)74-37-35-72-57-28-18-51(19-29-57)49-14-24-55(25-15-49)70-33-8-2/h7-31,38-43H,1-2,32-37H2,3-6H3. The molecule has 6 aromatic carbocycles. The topological polar surface area (TPSA) is 94.1 Å². The maximum atomic E-state index is 6.14. The summed E-state index contributed by atoms with van der Waals surface area (Å²) >= 11 is 0. The lowest BCUT2D eigenvalue weighted by molar-refractivity contribution is 0.217. The molecule has 9 rings (SSSR count). The van der Waals surface area contributed by atoms with Crippen LogP contribution in [0.3, 0.4) is 0 Å². The van der Waals surface area contributed by atoms with Gasteiger partial charge in [-0.25, -0.2) is 4.98 Å². The van der Waals surface area contributed by atoms with E-state index in [2.05, 4.69) is 102 Å². The number of nitrogens with zero attached hydrogens (tertiary/aromatic N) is 3. The molecule has 0 aliphatic carbocycles. The molecule has 9 heteroatoms. The van der Waals surface area contributed by atoms with E-state index in [9.17, 15) is 0 Å². The number of benzene rings is 6. The molecule has 3 aromatic heterocycles. The summed E-state index contributed by atoms with van der Waals surface area (Å²) < 4.78 is 35.5. The van der Waals surface area contributed by atoms with Gasteiger partial charge in [0.1, 0.15) is 74.1 Å². The number of hydrogen-bond acceptors (Lipinski definition) is 9. The molecule has 0 amide bonds. The molecular formula is C65H59N3O6. The monoisotopic (exact) mass is 977 g/mol. The van der Waals surface area contributed by atoms with Crippen LogP contribution >= 0.6 is 0 Å². The van der Waals surface area contributed by atoms with Crippen molar-refractivity contribution in [2.75, 3.05) is 39.6 Å². The first-order valence-corrected chi connectivity index (χ1v) is 24.7. The highest BCUT2D eigenvalue weighted by atomic mass is 16.5. The number of hydrogen-bond donors (Lipinski definition) is 0. The first-order chi connectivity index (χ1) is 36.2. The summed E-state index contributed by atoms with van der Waals surface area (Å²) in [5, 5.41) is 0. The third-order valence-electron chi connectivity index (χ3n) is 12.5. The minimum Gasteiger partial charge on any atom is -0.490 e. The highest BCUT2D eigenvalue weighted by Crippen LogP contribution is 2.34. The molecule has 0 fully saturated rings. The van der Waals surface area contributed by atoms with E-state index >= 15 is 0 Å².